The number of hydrogen-bond donors (Lipinski definition) is 2. The lowest BCUT2D eigenvalue weighted by molar-refractivity contribution is 0.413. The fourth-order valence-corrected chi connectivity index (χ4v) is 4.45. The Morgan fingerprint density at radius 3 is 2.45 bits per heavy atom. The van der Waals surface area contributed by atoms with Gasteiger partial charge in [0.25, 0.3) is 0 Å². The van der Waals surface area contributed by atoms with Gasteiger partial charge in [0.2, 0.25) is 5.95 Å². The zero-order chi connectivity index (χ0) is 27.2. The SMILES string of the molecule is COc1cc(N(C)CCN(C)C)ccc1Nc1ncc(Br)c(Nc2ccc3nccnc3c2N(C)SC)n1. The number of hydrogen-bond acceptors (Lipinski definition) is 11. The van der Waals surface area contributed by atoms with Gasteiger partial charge in [-0.1, -0.05) is 11.9 Å². The minimum atomic E-state index is 0.433. The number of rotatable bonds is 11. The van der Waals surface area contributed by atoms with Crippen molar-refractivity contribution in [2.75, 3.05) is 74.5 Å². The van der Waals surface area contributed by atoms with E-state index < -0.39 is 0 Å². The van der Waals surface area contributed by atoms with Crippen molar-refractivity contribution in [2.45, 2.75) is 0 Å². The second kappa shape index (κ2) is 12.5. The maximum atomic E-state index is 5.68. The van der Waals surface area contributed by atoms with Crippen LogP contribution in [0.5, 0.6) is 5.75 Å². The number of halogens is 1. The molecule has 0 saturated heterocycles. The van der Waals surface area contributed by atoms with E-state index in [2.05, 4.69) is 82.8 Å². The highest BCUT2D eigenvalue weighted by atomic mass is 79.9. The Morgan fingerprint density at radius 1 is 0.947 bits per heavy atom. The van der Waals surface area contributed by atoms with Crippen LogP contribution in [0, 0.1) is 0 Å². The van der Waals surface area contributed by atoms with E-state index in [-0.39, 0.29) is 0 Å². The van der Waals surface area contributed by atoms with Gasteiger partial charge in [0.1, 0.15) is 17.1 Å². The number of methoxy groups -OCH3 is 1. The molecular formula is C26H32BrN9OS. The van der Waals surface area contributed by atoms with E-state index in [1.807, 2.05) is 37.6 Å². The molecule has 0 radical (unpaired) electrons. The summed E-state index contributed by atoms with van der Waals surface area (Å²) in [6.07, 6.45) is 7.12. The molecule has 2 aromatic heterocycles. The number of anilines is 6. The third-order valence-corrected chi connectivity index (χ3v) is 7.27. The lowest BCUT2D eigenvalue weighted by Crippen LogP contribution is -2.28. The fraction of sp³-hybridized carbons (Fsp3) is 0.308. The van der Waals surface area contributed by atoms with Gasteiger partial charge in [0, 0.05) is 63.8 Å². The number of nitrogens with zero attached hydrogens (tertiary/aromatic N) is 7. The van der Waals surface area contributed by atoms with Gasteiger partial charge in [-0.15, -0.1) is 0 Å². The number of fused-ring (bicyclic) bond motifs is 1. The van der Waals surface area contributed by atoms with E-state index in [1.54, 1.807) is 37.6 Å². The molecule has 0 fully saturated rings. The number of likely N-dealkylation sites (N-methyl/N-ethyl adjacent to an activating group) is 2. The van der Waals surface area contributed by atoms with Gasteiger partial charge >= 0.3 is 0 Å². The second-order valence-corrected chi connectivity index (χ2v) is 10.6. The Bertz CT molecular complexity index is 1400. The van der Waals surface area contributed by atoms with Crippen LogP contribution in [0.25, 0.3) is 11.0 Å². The number of aromatic nitrogens is 4. The Kier molecular flexibility index (Phi) is 9.08. The molecule has 200 valence electrons. The predicted octanol–water partition coefficient (Wildman–Crippen LogP) is 5.39. The minimum Gasteiger partial charge on any atom is -0.494 e. The quantitative estimate of drug-likeness (QED) is 0.218. The smallest absolute Gasteiger partial charge is 0.229 e. The molecule has 0 atom stereocenters. The summed E-state index contributed by atoms with van der Waals surface area (Å²) >= 11 is 5.17. The summed E-state index contributed by atoms with van der Waals surface area (Å²) in [6.45, 7) is 1.86. The number of benzene rings is 2. The average Bonchev–Trinajstić information content (AvgIpc) is 2.93. The van der Waals surface area contributed by atoms with Crippen molar-refractivity contribution < 1.29 is 4.74 Å². The molecule has 10 nitrogen and oxygen atoms in total. The van der Waals surface area contributed by atoms with Crippen molar-refractivity contribution in [1.29, 1.82) is 0 Å². The standard InChI is InChI=1S/C26H32BrN9OS/c1-34(2)13-14-35(3)17-7-8-19(22(15-17)37-5)32-26-30-16-18(27)25(33-26)31-21-10-9-20-23(29-12-11-28-20)24(21)36(4)38-6/h7-12,15-16H,13-14H2,1-6H3,(H2,30,31,32,33). The first-order valence-corrected chi connectivity index (χ1v) is 13.9. The second-order valence-electron chi connectivity index (χ2n) is 8.82. The molecule has 0 aliphatic rings. The highest BCUT2D eigenvalue weighted by Crippen LogP contribution is 2.38. The zero-order valence-corrected chi connectivity index (χ0v) is 24.8. The summed E-state index contributed by atoms with van der Waals surface area (Å²) < 4.78 is 8.46. The zero-order valence-electron chi connectivity index (χ0n) is 22.4. The Balaban J connectivity index is 1.61. The molecule has 2 N–H and O–H groups in total. The summed E-state index contributed by atoms with van der Waals surface area (Å²) in [4.78, 5) is 22.6. The number of nitrogens with one attached hydrogen (secondary N) is 2. The first-order chi connectivity index (χ1) is 18.3. The molecule has 2 heterocycles. The van der Waals surface area contributed by atoms with Gasteiger partial charge in [0.05, 0.1) is 34.2 Å². The van der Waals surface area contributed by atoms with Crippen molar-refractivity contribution in [1.82, 2.24) is 24.8 Å². The van der Waals surface area contributed by atoms with Gasteiger partial charge in [0.15, 0.2) is 0 Å². The van der Waals surface area contributed by atoms with Crippen molar-refractivity contribution in [2.24, 2.45) is 0 Å². The summed E-state index contributed by atoms with van der Waals surface area (Å²) in [7, 11) is 9.86. The fourth-order valence-electron chi connectivity index (χ4n) is 3.80. The maximum absolute atomic E-state index is 5.68. The third kappa shape index (κ3) is 6.37. The van der Waals surface area contributed by atoms with Gasteiger partial charge in [-0.2, -0.15) is 4.98 Å². The monoisotopic (exact) mass is 597 g/mol. The highest BCUT2D eigenvalue weighted by molar-refractivity contribution is 9.10. The largest absolute Gasteiger partial charge is 0.494 e. The summed E-state index contributed by atoms with van der Waals surface area (Å²) in [5, 5.41) is 6.75. The van der Waals surface area contributed by atoms with Gasteiger partial charge in [-0.05, 0) is 54.3 Å². The topological polar surface area (TPSA) is 94.6 Å². The first kappa shape index (κ1) is 27.7. The molecule has 0 saturated carbocycles. The predicted molar refractivity (Wildman–Crippen MR) is 163 cm³/mol. The lowest BCUT2D eigenvalue weighted by Gasteiger charge is -2.23. The Morgan fingerprint density at radius 2 is 1.71 bits per heavy atom. The molecule has 2 aromatic carbocycles. The van der Waals surface area contributed by atoms with E-state index >= 15 is 0 Å². The summed E-state index contributed by atoms with van der Waals surface area (Å²) in [5.41, 5.74) is 5.23. The Labute approximate surface area is 236 Å². The molecule has 0 aliphatic heterocycles. The van der Waals surface area contributed by atoms with Crippen LogP contribution in [-0.2, 0) is 0 Å². The van der Waals surface area contributed by atoms with Crippen molar-refractivity contribution in [3.05, 3.63) is 53.4 Å². The van der Waals surface area contributed by atoms with Gasteiger partial charge in [-0.3, -0.25) is 9.97 Å². The van der Waals surface area contributed by atoms with E-state index in [1.165, 1.54) is 0 Å². The molecule has 0 unspecified atom stereocenters. The molecule has 0 bridgehead atoms. The minimum absolute atomic E-state index is 0.433. The van der Waals surface area contributed by atoms with Crippen LogP contribution in [0.2, 0.25) is 0 Å². The maximum Gasteiger partial charge on any atom is 0.229 e. The lowest BCUT2D eigenvalue weighted by atomic mass is 10.2. The van der Waals surface area contributed by atoms with Crippen LogP contribution in [0.1, 0.15) is 0 Å². The van der Waals surface area contributed by atoms with Crippen molar-refractivity contribution >= 4 is 73.4 Å². The normalized spacial score (nSPS) is 11.1. The summed E-state index contributed by atoms with van der Waals surface area (Å²) in [6, 6.07) is 9.97. The summed E-state index contributed by atoms with van der Waals surface area (Å²) in [5.74, 6) is 1.75. The number of ether oxygens (including phenoxy) is 1. The van der Waals surface area contributed by atoms with Crippen LogP contribution < -0.4 is 24.6 Å². The van der Waals surface area contributed by atoms with E-state index in [0.29, 0.717) is 17.5 Å². The molecule has 4 rings (SSSR count). The van der Waals surface area contributed by atoms with Crippen LogP contribution in [0.15, 0.2) is 53.4 Å². The van der Waals surface area contributed by atoms with E-state index in [4.69, 9.17) is 9.72 Å². The van der Waals surface area contributed by atoms with Crippen LogP contribution in [0.3, 0.4) is 0 Å². The Hall–Kier alpha value is -3.35. The van der Waals surface area contributed by atoms with Crippen LogP contribution >= 0.6 is 27.9 Å². The molecule has 0 amide bonds. The van der Waals surface area contributed by atoms with Gasteiger partial charge in [-0.25, -0.2) is 4.98 Å². The highest BCUT2D eigenvalue weighted by Gasteiger charge is 2.17. The van der Waals surface area contributed by atoms with Gasteiger partial charge < -0.3 is 29.5 Å². The molecule has 0 spiro atoms. The first-order valence-electron chi connectivity index (χ1n) is 11.9. The van der Waals surface area contributed by atoms with Crippen LogP contribution in [-0.4, -0.2) is 79.5 Å². The van der Waals surface area contributed by atoms with Crippen molar-refractivity contribution in [3.8, 4) is 5.75 Å². The molecule has 0 aliphatic carbocycles. The van der Waals surface area contributed by atoms with E-state index in [9.17, 15) is 0 Å². The molecule has 12 heteroatoms. The van der Waals surface area contributed by atoms with Crippen molar-refractivity contribution in [3.63, 3.8) is 0 Å². The van der Waals surface area contributed by atoms with E-state index in [0.717, 1.165) is 51.3 Å². The average molecular weight is 599 g/mol. The van der Waals surface area contributed by atoms with Crippen LogP contribution in [0.4, 0.5) is 34.5 Å². The molecular weight excluding hydrogens is 566 g/mol. The molecule has 4 aromatic rings. The third-order valence-electron chi connectivity index (χ3n) is 5.95. The molecule has 38 heavy (non-hydrogen) atoms.